The maximum absolute atomic E-state index is 12.3. The first-order valence-corrected chi connectivity index (χ1v) is 7.26. The second kappa shape index (κ2) is 5.47. The summed E-state index contributed by atoms with van der Waals surface area (Å²) < 4.78 is 1.64. The predicted octanol–water partition coefficient (Wildman–Crippen LogP) is 2.76. The van der Waals surface area contributed by atoms with Crippen LogP contribution in [0.15, 0.2) is 24.3 Å². The van der Waals surface area contributed by atoms with E-state index >= 15 is 0 Å². The molecule has 1 amide bonds. The molecule has 0 aliphatic heterocycles. The number of fused-ring (bicyclic) bond motifs is 1. The lowest BCUT2D eigenvalue weighted by Crippen LogP contribution is -2.47. The van der Waals surface area contributed by atoms with Crippen LogP contribution in [0, 0.1) is 5.41 Å². The number of amides is 1. The molecule has 2 aromatic rings. The summed E-state index contributed by atoms with van der Waals surface area (Å²) >= 11 is 0. The average Bonchev–Trinajstić information content (AvgIpc) is 2.68. The highest BCUT2D eigenvalue weighted by Crippen LogP contribution is 2.26. The first-order valence-electron chi connectivity index (χ1n) is 7.26. The second-order valence-electron chi connectivity index (χ2n) is 7.41. The van der Waals surface area contributed by atoms with Crippen LogP contribution in [0.25, 0.3) is 11.0 Å². The summed E-state index contributed by atoms with van der Waals surface area (Å²) in [6.07, 6.45) is 0.907. The van der Waals surface area contributed by atoms with Crippen molar-refractivity contribution < 1.29 is 4.79 Å². The molecule has 114 valence electrons. The highest BCUT2D eigenvalue weighted by molar-refractivity contribution is 5.80. The van der Waals surface area contributed by atoms with Gasteiger partial charge in [-0.3, -0.25) is 4.79 Å². The Labute approximate surface area is 125 Å². The maximum atomic E-state index is 12.3. The van der Waals surface area contributed by atoms with E-state index in [9.17, 15) is 4.79 Å². The summed E-state index contributed by atoms with van der Waals surface area (Å²) in [5.74, 6) is -0.0418. The largest absolute Gasteiger partial charge is 0.350 e. The molecule has 2 rings (SSSR count). The van der Waals surface area contributed by atoms with E-state index in [-0.39, 0.29) is 23.4 Å². The number of hydrogen-bond acceptors (Lipinski definition) is 3. The van der Waals surface area contributed by atoms with Gasteiger partial charge in [0.25, 0.3) is 0 Å². The number of nitrogens with one attached hydrogen (secondary N) is 1. The molecule has 1 N–H and O–H groups in total. The number of carbonyl (C=O) groups is 1. The predicted molar refractivity (Wildman–Crippen MR) is 83.8 cm³/mol. The zero-order valence-corrected chi connectivity index (χ0v) is 13.5. The number of aromatic nitrogens is 3. The van der Waals surface area contributed by atoms with Crippen LogP contribution in [0.5, 0.6) is 0 Å². The summed E-state index contributed by atoms with van der Waals surface area (Å²) in [5, 5.41) is 11.2. The second-order valence-corrected chi connectivity index (χ2v) is 7.41. The topological polar surface area (TPSA) is 59.8 Å². The third kappa shape index (κ3) is 4.28. The van der Waals surface area contributed by atoms with E-state index in [0.717, 1.165) is 17.5 Å². The molecule has 1 aromatic carbocycles. The Morgan fingerprint density at radius 3 is 2.52 bits per heavy atom. The summed E-state index contributed by atoms with van der Waals surface area (Å²) in [5.41, 5.74) is 1.60. The number of para-hydroxylation sites is 1. The Bertz CT molecular complexity index is 637. The molecule has 0 saturated carbocycles. The number of nitrogens with zero attached hydrogens (tertiary/aromatic N) is 3. The fourth-order valence-corrected chi connectivity index (χ4v) is 2.96. The van der Waals surface area contributed by atoms with Gasteiger partial charge in [0.15, 0.2) is 0 Å². The lowest BCUT2D eigenvalue weighted by Gasteiger charge is -2.33. The Morgan fingerprint density at radius 2 is 1.86 bits per heavy atom. The van der Waals surface area contributed by atoms with Crippen molar-refractivity contribution in [2.75, 3.05) is 0 Å². The zero-order valence-electron chi connectivity index (χ0n) is 13.5. The van der Waals surface area contributed by atoms with E-state index in [1.165, 1.54) is 0 Å². The van der Waals surface area contributed by atoms with Gasteiger partial charge in [-0.05, 0) is 37.8 Å². The van der Waals surface area contributed by atoms with Gasteiger partial charge in [0.1, 0.15) is 12.1 Å². The van der Waals surface area contributed by atoms with Crippen LogP contribution >= 0.6 is 0 Å². The van der Waals surface area contributed by atoms with Gasteiger partial charge in [-0.2, -0.15) is 0 Å². The molecule has 0 unspecified atom stereocenters. The monoisotopic (exact) mass is 288 g/mol. The Hall–Kier alpha value is -1.91. The van der Waals surface area contributed by atoms with Crippen molar-refractivity contribution in [1.82, 2.24) is 20.3 Å². The molecule has 5 heteroatoms. The smallest absolute Gasteiger partial charge is 0.242 e. The van der Waals surface area contributed by atoms with Gasteiger partial charge in [-0.1, -0.05) is 38.1 Å². The molecule has 5 nitrogen and oxygen atoms in total. The standard InChI is InChI=1S/C16H24N4O/c1-15(2,3)11-16(4,5)17-14(21)10-20-13-9-7-6-8-12(13)18-19-20/h6-9H,10-11H2,1-5H3,(H,17,21). The van der Waals surface area contributed by atoms with Crippen molar-refractivity contribution in [3.05, 3.63) is 24.3 Å². The minimum atomic E-state index is -0.244. The maximum Gasteiger partial charge on any atom is 0.242 e. The van der Waals surface area contributed by atoms with Crippen LogP contribution in [0.2, 0.25) is 0 Å². The summed E-state index contributed by atoms with van der Waals surface area (Å²) in [6, 6.07) is 7.64. The lowest BCUT2D eigenvalue weighted by molar-refractivity contribution is -0.123. The van der Waals surface area contributed by atoms with E-state index in [2.05, 4.69) is 50.2 Å². The third-order valence-corrected chi connectivity index (χ3v) is 3.16. The summed E-state index contributed by atoms with van der Waals surface area (Å²) in [7, 11) is 0. The highest BCUT2D eigenvalue weighted by atomic mass is 16.2. The Kier molecular flexibility index (Phi) is 4.03. The van der Waals surface area contributed by atoms with Crippen LogP contribution < -0.4 is 5.32 Å². The highest BCUT2D eigenvalue weighted by Gasteiger charge is 2.27. The van der Waals surface area contributed by atoms with Gasteiger partial charge in [-0.15, -0.1) is 5.10 Å². The fraction of sp³-hybridized carbons (Fsp3) is 0.562. The van der Waals surface area contributed by atoms with E-state index in [1.54, 1.807) is 4.68 Å². The molecular formula is C16H24N4O. The minimum Gasteiger partial charge on any atom is -0.350 e. The van der Waals surface area contributed by atoms with Crippen molar-refractivity contribution >= 4 is 16.9 Å². The molecule has 21 heavy (non-hydrogen) atoms. The number of hydrogen-bond donors (Lipinski definition) is 1. The molecule has 0 aliphatic rings. The fourth-order valence-electron chi connectivity index (χ4n) is 2.96. The Morgan fingerprint density at radius 1 is 1.19 bits per heavy atom. The molecule has 1 aromatic heterocycles. The third-order valence-electron chi connectivity index (χ3n) is 3.16. The van der Waals surface area contributed by atoms with E-state index in [4.69, 9.17) is 0 Å². The molecule has 0 spiro atoms. The van der Waals surface area contributed by atoms with E-state index < -0.39 is 0 Å². The average molecular weight is 288 g/mol. The normalized spacial score (nSPS) is 12.6. The SMILES string of the molecule is CC(C)(C)CC(C)(C)NC(=O)Cn1nnc2ccccc21. The molecule has 0 bridgehead atoms. The van der Waals surface area contributed by atoms with Crippen molar-refractivity contribution in [3.63, 3.8) is 0 Å². The molecule has 0 fully saturated rings. The minimum absolute atomic E-state index is 0.0418. The van der Waals surface area contributed by atoms with Crippen molar-refractivity contribution in [3.8, 4) is 0 Å². The summed E-state index contributed by atoms with van der Waals surface area (Å²) in [6.45, 7) is 10.8. The number of carbonyl (C=O) groups excluding carboxylic acids is 1. The molecule has 0 radical (unpaired) electrons. The first kappa shape index (κ1) is 15.5. The van der Waals surface area contributed by atoms with Crippen molar-refractivity contribution in [2.24, 2.45) is 5.41 Å². The number of benzene rings is 1. The molecular weight excluding hydrogens is 264 g/mol. The van der Waals surface area contributed by atoms with Gasteiger partial charge in [0.2, 0.25) is 5.91 Å². The van der Waals surface area contributed by atoms with Crippen LogP contribution in [0.1, 0.15) is 41.0 Å². The molecule has 0 atom stereocenters. The zero-order chi connectivity index (χ0) is 15.7. The van der Waals surface area contributed by atoms with Crippen molar-refractivity contribution in [1.29, 1.82) is 0 Å². The quantitative estimate of drug-likeness (QED) is 0.941. The van der Waals surface area contributed by atoms with Gasteiger partial charge in [0.05, 0.1) is 5.52 Å². The lowest BCUT2D eigenvalue weighted by atomic mass is 9.82. The van der Waals surface area contributed by atoms with E-state index in [0.29, 0.717) is 0 Å². The first-order chi connectivity index (χ1) is 9.66. The van der Waals surface area contributed by atoms with Crippen LogP contribution in [-0.4, -0.2) is 26.4 Å². The Balaban J connectivity index is 2.05. The van der Waals surface area contributed by atoms with Gasteiger partial charge in [0, 0.05) is 5.54 Å². The van der Waals surface area contributed by atoms with Gasteiger partial charge >= 0.3 is 0 Å². The molecule has 0 aliphatic carbocycles. The molecule has 1 heterocycles. The van der Waals surface area contributed by atoms with Gasteiger partial charge < -0.3 is 5.32 Å². The van der Waals surface area contributed by atoms with Gasteiger partial charge in [-0.25, -0.2) is 4.68 Å². The molecule has 0 saturated heterocycles. The van der Waals surface area contributed by atoms with Crippen LogP contribution in [0.4, 0.5) is 0 Å². The van der Waals surface area contributed by atoms with Crippen LogP contribution in [-0.2, 0) is 11.3 Å². The number of rotatable bonds is 4. The van der Waals surface area contributed by atoms with Crippen molar-refractivity contribution in [2.45, 2.75) is 53.1 Å². The van der Waals surface area contributed by atoms with E-state index in [1.807, 2.05) is 24.3 Å². The van der Waals surface area contributed by atoms with Crippen LogP contribution in [0.3, 0.4) is 0 Å². The summed E-state index contributed by atoms with van der Waals surface area (Å²) in [4.78, 5) is 12.3.